The number of hydrogen-bond acceptors (Lipinski definition) is 4. The molecule has 0 unspecified atom stereocenters. The van der Waals surface area contributed by atoms with Crippen LogP contribution in [0.1, 0.15) is 15.9 Å². The molecule has 19 heavy (non-hydrogen) atoms. The van der Waals surface area contributed by atoms with Crippen LogP contribution in [0.3, 0.4) is 0 Å². The maximum atomic E-state index is 12.8. The maximum absolute atomic E-state index is 12.8. The Kier molecular flexibility index (Phi) is 3.87. The molecule has 2 rings (SSSR count). The van der Waals surface area contributed by atoms with Crippen LogP contribution in [0, 0.1) is 5.82 Å². The average molecular weight is 279 g/mol. The third-order valence-corrected chi connectivity index (χ3v) is 2.63. The van der Waals surface area contributed by atoms with Crippen molar-refractivity contribution in [3.05, 3.63) is 64.7 Å². The number of hydrogen-bond donors (Lipinski definition) is 1. The van der Waals surface area contributed by atoms with Crippen LogP contribution >= 0.6 is 11.6 Å². The van der Waals surface area contributed by atoms with E-state index in [4.69, 9.17) is 16.8 Å². The van der Waals surface area contributed by atoms with Gasteiger partial charge in [-0.1, -0.05) is 16.8 Å². The lowest BCUT2D eigenvalue weighted by Gasteiger charge is -2.04. The number of carbonyl (C=O) groups excluding carboxylic acids is 1. The Labute approximate surface area is 113 Å². The molecule has 1 heterocycles. The minimum atomic E-state index is -0.537. The Morgan fingerprint density at radius 1 is 1.21 bits per heavy atom. The van der Waals surface area contributed by atoms with E-state index >= 15 is 0 Å². The van der Waals surface area contributed by atoms with Gasteiger partial charge in [-0.3, -0.25) is 4.79 Å². The zero-order valence-corrected chi connectivity index (χ0v) is 10.3. The molecule has 0 aliphatic carbocycles. The molecule has 0 fully saturated rings. The first-order chi connectivity index (χ1) is 9.11. The van der Waals surface area contributed by atoms with Crippen LogP contribution in [0.5, 0.6) is 0 Å². The number of carbonyl (C=O) groups is 1. The Morgan fingerprint density at radius 3 is 2.47 bits per heavy atom. The molecule has 4 nitrogen and oxygen atoms in total. The number of ketones is 1. The lowest BCUT2D eigenvalue weighted by Crippen LogP contribution is -2.16. The van der Waals surface area contributed by atoms with Crippen molar-refractivity contribution >= 4 is 23.1 Å². The molecule has 0 saturated carbocycles. The molecule has 0 amide bonds. The highest BCUT2D eigenvalue weighted by Crippen LogP contribution is 2.12. The number of halogens is 2. The van der Waals surface area contributed by atoms with E-state index < -0.39 is 11.6 Å². The van der Waals surface area contributed by atoms with Crippen molar-refractivity contribution < 1.29 is 14.4 Å². The van der Waals surface area contributed by atoms with Crippen LogP contribution in [0.25, 0.3) is 0 Å². The SMILES string of the molecule is O=C(C(=NO)c1ccnc(Cl)c1)c1ccc(F)cc1. The lowest BCUT2D eigenvalue weighted by atomic mass is 10.0. The van der Waals surface area contributed by atoms with Gasteiger partial charge in [0.1, 0.15) is 11.0 Å². The number of rotatable bonds is 3. The van der Waals surface area contributed by atoms with Gasteiger partial charge in [0.05, 0.1) is 0 Å². The van der Waals surface area contributed by atoms with Gasteiger partial charge in [-0.15, -0.1) is 0 Å². The molecule has 0 aliphatic rings. The van der Waals surface area contributed by atoms with Gasteiger partial charge < -0.3 is 5.21 Å². The highest BCUT2D eigenvalue weighted by Gasteiger charge is 2.17. The van der Waals surface area contributed by atoms with Crippen molar-refractivity contribution in [2.75, 3.05) is 0 Å². The fourth-order valence-corrected chi connectivity index (χ4v) is 1.70. The third-order valence-electron chi connectivity index (χ3n) is 2.42. The molecule has 0 spiro atoms. The quantitative estimate of drug-likeness (QED) is 0.309. The van der Waals surface area contributed by atoms with E-state index in [2.05, 4.69) is 10.1 Å². The van der Waals surface area contributed by atoms with Gasteiger partial charge in [0.15, 0.2) is 5.71 Å². The first kappa shape index (κ1) is 13.2. The molecule has 6 heteroatoms. The summed E-state index contributed by atoms with van der Waals surface area (Å²) >= 11 is 5.71. The first-order valence-corrected chi connectivity index (χ1v) is 5.64. The van der Waals surface area contributed by atoms with E-state index in [-0.39, 0.29) is 16.4 Å². The molecule has 0 saturated heterocycles. The van der Waals surface area contributed by atoms with Gasteiger partial charge in [-0.05, 0) is 36.4 Å². The summed E-state index contributed by atoms with van der Waals surface area (Å²) in [5, 5.41) is 12.1. The van der Waals surface area contributed by atoms with E-state index in [0.29, 0.717) is 5.56 Å². The molecule has 1 aromatic carbocycles. The highest BCUT2D eigenvalue weighted by molar-refractivity contribution is 6.51. The largest absolute Gasteiger partial charge is 0.410 e. The topological polar surface area (TPSA) is 62.5 Å². The van der Waals surface area contributed by atoms with Gasteiger partial charge in [0, 0.05) is 17.3 Å². The van der Waals surface area contributed by atoms with Crippen molar-refractivity contribution in [2.45, 2.75) is 0 Å². The van der Waals surface area contributed by atoms with E-state index in [9.17, 15) is 9.18 Å². The number of Topliss-reactive ketones (excluding diaryl/α,β-unsaturated/α-hetero) is 1. The van der Waals surface area contributed by atoms with E-state index in [0.717, 1.165) is 12.1 Å². The Bertz CT molecular complexity index is 641. The van der Waals surface area contributed by atoms with Crippen LogP contribution in [-0.2, 0) is 0 Å². The van der Waals surface area contributed by atoms with Crippen molar-refractivity contribution in [1.82, 2.24) is 4.98 Å². The lowest BCUT2D eigenvalue weighted by molar-refractivity contribution is 0.106. The van der Waals surface area contributed by atoms with Crippen LogP contribution in [0.15, 0.2) is 47.8 Å². The van der Waals surface area contributed by atoms with Gasteiger partial charge in [-0.25, -0.2) is 9.37 Å². The summed E-state index contributed by atoms with van der Waals surface area (Å²) in [6.45, 7) is 0. The molecule has 0 radical (unpaired) electrons. The van der Waals surface area contributed by atoms with Gasteiger partial charge in [-0.2, -0.15) is 0 Å². The number of aromatic nitrogens is 1. The highest BCUT2D eigenvalue weighted by atomic mass is 35.5. The second-order valence-corrected chi connectivity index (χ2v) is 4.04. The minimum Gasteiger partial charge on any atom is -0.410 e. The molecule has 2 aromatic rings. The Hall–Kier alpha value is -2.27. The van der Waals surface area contributed by atoms with Crippen LogP contribution < -0.4 is 0 Å². The fraction of sp³-hybridized carbons (Fsp3) is 0. The number of nitrogens with zero attached hydrogens (tertiary/aromatic N) is 2. The molecule has 0 bridgehead atoms. The van der Waals surface area contributed by atoms with Crippen molar-refractivity contribution in [3.8, 4) is 0 Å². The summed E-state index contributed by atoms with van der Waals surface area (Å²) in [4.78, 5) is 15.9. The minimum absolute atomic E-state index is 0.172. The summed E-state index contributed by atoms with van der Waals surface area (Å²) < 4.78 is 12.8. The molecule has 96 valence electrons. The number of pyridine rings is 1. The second kappa shape index (κ2) is 5.58. The van der Waals surface area contributed by atoms with Gasteiger partial charge in [0.25, 0.3) is 0 Å². The van der Waals surface area contributed by atoms with Crippen molar-refractivity contribution in [2.24, 2.45) is 5.16 Å². The monoisotopic (exact) mass is 278 g/mol. The van der Waals surface area contributed by atoms with Gasteiger partial charge >= 0.3 is 0 Å². The van der Waals surface area contributed by atoms with Crippen molar-refractivity contribution in [1.29, 1.82) is 0 Å². The molecular weight excluding hydrogens is 271 g/mol. The predicted octanol–water partition coefficient (Wildman–Crippen LogP) is 2.94. The van der Waals surface area contributed by atoms with Crippen LogP contribution in [-0.4, -0.2) is 21.7 Å². The van der Waals surface area contributed by atoms with Crippen molar-refractivity contribution in [3.63, 3.8) is 0 Å². The Morgan fingerprint density at radius 2 is 1.89 bits per heavy atom. The summed E-state index contributed by atoms with van der Waals surface area (Å²) in [7, 11) is 0. The molecule has 0 aliphatic heterocycles. The zero-order valence-electron chi connectivity index (χ0n) is 9.55. The second-order valence-electron chi connectivity index (χ2n) is 3.65. The van der Waals surface area contributed by atoms with E-state index in [1.165, 1.54) is 30.5 Å². The summed E-state index contributed by atoms with van der Waals surface area (Å²) in [5.74, 6) is -0.990. The number of oxime groups is 1. The molecule has 0 atom stereocenters. The first-order valence-electron chi connectivity index (χ1n) is 5.26. The van der Waals surface area contributed by atoms with E-state index in [1.54, 1.807) is 0 Å². The third kappa shape index (κ3) is 2.95. The number of benzene rings is 1. The molecule has 1 N–H and O–H groups in total. The fourth-order valence-electron chi connectivity index (χ4n) is 1.52. The van der Waals surface area contributed by atoms with E-state index in [1.807, 2.05) is 0 Å². The zero-order chi connectivity index (χ0) is 13.8. The normalized spacial score (nSPS) is 11.4. The van der Waals surface area contributed by atoms with Crippen LogP contribution in [0.4, 0.5) is 4.39 Å². The summed E-state index contributed by atoms with van der Waals surface area (Å²) in [5.41, 5.74) is 0.356. The average Bonchev–Trinajstić information content (AvgIpc) is 2.40. The summed E-state index contributed by atoms with van der Waals surface area (Å²) in [6.07, 6.45) is 1.39. The predicted molar refractivity (Wildman–Crippen MR) is 68.3 cm³/mol. The molecular formula is C13H8ClFN2O2. The standard InChI is InChI=1S/C13H8ClFN2O2/c14-11-7-9(5-6-16-11)12(17-19)13(18)8-1-3-10(15)4-2-8/h1-7,19H. The maximum Gasteiger partial charge on any atom is 0.215 e. The summed E-state index contributed by atoms with van der Waals surface area (Å²) in [6, 6.07) is 7.82. The van der Waals surface area contributed by atoms with Crippen LogP contribution in [0.2, 0.25) is 5.15 Å². The van der Waals surface area contributed by atoms with Gasteiger partial charge in [0.2, 0.25) is 5.78 Å². The smallest absolute Gasteiger partial charge is 0.215 e. The molecule has 1 aromatic heterocycles. The Balaban J connectivity index is 2.38.